The van der Waals surface area contributed by atoms with Crippen LogP contribution in [0.1, 0.15) is 12.5 Å². The molecule has 17 heavy (non-hydrogen) atoms. The zero-order chi connectivity index (χ0) is 12.1. The Kier molecular flexibility index (Phi) is 3.87. The van der Waals surface area contributed by atoms with E-state index in [1.165, 1.54) is 11.8 Å². The lowest BCUT2D eigenvalue weighted by Gasteiger charge is -2.09. The molecule has 0 spiro atoms. The van der Waals surface area contributed by atoms with Crippen LogP contribution in [0.3, 0.4) is 0 Å². The molecular formula is C11H13N5S. The minimum atomic E-state index is 0.836. The second kappa shape index (κ2) is 5.58. The largest absolute Gasteiger partial charge is 0.373 e. The van der Waals surface area contributed by atoms with Crippen molar-refractivity contribution in [1.82, 2.24) is 19.9 Å². The fraction of sp³-hybridized carbons (Fsp3) is 0.273. The van der Waals surface area contributed by atoms with Crippen LogP contribution in [0.25, 0.3) is 0 Å². The minimum Gasteiger partial charge on any atom is -0.373 e. The first-order chi connectivity index (χ1) is 8.35. The third-order valence-electron chi connectivity index (χ3n) is 2.24. The van der Waals surface area contributed by atoms with Crippen molar-refractivity contribution in [3.8, 4) is 0 Å². The normalized spacial score (nSPS) is 10.2. The predicted octanol–water partition coefficient (Wildman–Crippen LogP) is 2.02. The lowest BCUT2D eigenvalue weighted by Crippen LogP contribution is -2.01. The fourth-order valence-corrected chi connectivity index (χ4v) is 2.34. The highest BCUT2D eigenvalue weighted by atomic mass is 32.2. The van der Waals surface area contributed by atoms with Crippen LogP contribution in [0.2, 0.25) is 0 Å². The van der Waals surface area contributed by atoms with E-state index in [2.05, 4.69) is 32.2 Å². The molecule has 1 N–H and O–H groups in total. The maximum absolute atomic E-state index is 4.30. The van der Waals surface area contributed by atoms with Crippen molar-refractivity contribution in [3.05, 3.63) is 30.5 Å². The van der Waals surface area contributed by atoms with E-state index in [0.29, 0.717) is 0 Å². The molecule has 0 aromatic carbocycles. The number of rotatable bonds is 4. The monoisotopic (exact) mass is 247 g/mol. The highest BCUT2D eigenvalue weighted by Crippen LogP contribution is 2.29. The Morgan fingerprint density at radius 1 is 1.24 bits per heavy atom. The van der Waals surface area contributed by atoms with Crippen LogP contribution >= 0.6 is 11.8 Å². The number of hydrogen-bond acceptors (Lipinski definition) is 6. The van der Waals surface area contributed by atoms with Crippen LogP contribution in [0.4, 0.5) is 5.82 Å². The van der Waals surface area contributed by atoms with Gasteiger partial charge in [0.2, 0.25) is 0 Å². The topological polar surface area (TPSA) is 63.6 Å². The zero-order valence-corrected chi connectivity index (χ0v) is 10.5. The zero-order valence-electron chi connectivity index (χ0n) is 9.71. The van der Waals surface area contributed by atoms with Gasteiger partial charge >= 0.3 is 0 Å². The molecule has 2 heterocycles. The van der Waals surface area contributed by atoms with Crippen molar-refractivity contribution in [1.29, 1.82) is 0 Å². The van der Waals surface area contributed by atoms with Gasteiger partial charge in [0.1, 0.15) is 22.2 Å². The van der Waals surface area contributed by atoms with Gasteiger partial charge in [0.05, 0.1) is 6.20 Å². The van der Waals surface area contributed by atoms with E-state index in [1.54, 1.807) is 24.9 Å². The minimum absolute atomic E-state index is 0.836. The van der Waals surface area contributed by atoms with Gasteiger partial charge in [0, 0.05) is 25.0 Å². The molecule has 0 unspecified atom stereocenters. The Bertz CT molecular complexity index is 488. The van der Waals surface area contributed by atoms with E-state index in [4.69, 9.17) is 0 Å². The number of aromatic nitrogens is 4. The van der Waals surface area contributed by atoms with E-state index < -0.39 is 0 Å². The summed E-state index contributed by atoms with van der Waals surface area (Å²) in [6.07, 6.45) is 7.49. The van der Waals surface area contributed by atoms with Crippen LogP contribution < -0.4 is 5.32 Å². The molecule has 6 heteroatoms. The quantitative estimate of drug-likeness (QED) is 0.834. The summed E-state index contributed by atoms with van der Waals surface area (Å²) in [5.41, 5.74) is 1.10. The van der Waals surface area contributed by atoms with Crippen molar-refractivity contribution in [2.24, 2.45) is 0 Å². The van der Waals surface area contributed by atoms with Gasteiger partial charge in [-0.2, -0.15) is 0 Å². The molecule has 88 valence electrons. The van der Waals surface area contributed by atoms with Gasteiger partial charge in [-0.3, -0.25) is 4.98 Å². The molecule has 0 amide bonds. The van der Waals surface area contributed by atoms with Gasteiger partial charge < -0.3 is 5.32 Å². The number of nitrogens with zero attached hydrogens (tertiary/aromatic N) is 4. The molecule has 0 saturated heterocycles. The van der Waals surface area contributed by atoms with E-state index in [1.807, 2.05) is 7.05 Å². The third-order valence-corrected chi connectivity index (χ3v) is 3.20. The van der Waals surface area contributed by atoms with Crippen LogP contribution in [0, 0.1) is 0 Å². The second-order valence-corrected chi connectivity index (χ2v) is 4.26. The maximum atomic E-state index is 4.30. The predicted molar refractivity (Wildman–Crippen MR) is 67.1 cm³/mol. The molecular weight excluding hydrogens is 234 g/mol. The summed E-state index contributed by atoms with van der Waals surface area (Å²) in [4.78, 5) is 16.8. The lowest BCUT2D eigenvalue weighted by atomic mass is 10.2. The van der Waals surface area contributed by atoms with Crippen LogP contribution in [0.5, 0.6) is 0 Å². The summed E-state index contributed by atoms with van der Waals surface area (Å²) in [5.74, 6) is 0.869. The van der Waals surface area contributed by atoms with Gasteiger partial charge in [-0.25, -0.2) is 15.0 Å². The highest BCUT2D eigenvalue weighted by molar-refractivity contribution is 7.99. The molecule has 0 aliphatic heterocycles. The van der Waals surface area contributed by atoms with Crippen molar-refractivity contribution >= 4 is 17.6 Å². The fourth-order valence-electron chi connectivity index (χ4n) is 1.46. The standard InChI is InChI=1S/C11H13N5S/c1-3-8-10(12-2)15-7-16-11(8)17-9-6-13-4-5-14-9/h4-7H,3H2,1-2H3,(H,12,15,16). The Hall–Kier alpha value is -1.69. The molecule has 0 radical (unpaired) electrons. The number of hydrogen-bond donors (Lipinski definition) is 1. The van der Waals surface area contributed by atoms with Crippen molar-refractivity contribution in [2.75, 3.05) is 12.4 Å². The van der Waals surface area contributed by atoms with E-state index in [9.17, 15) is 0 Å². The average Bonchev–Trinajstić information content (AvgIpc) is 2.39. The first-order valence-corrected chi connectivity index (χ1v) is 6.12. The van der Waals surface area contributed by atoms with E-state index in [0.717, 1.165) is 27.9 Å². The number of nitrogens with one attached hydrogen (secondary N) is 1. The lowest BCUT2D eigenvalue weighted by molar-refractivity contribution is 0.940. The third kappa shape index (κ3) is 2.71. The highest BCUT2D eigenvalue weighted by Gasteiger charge is 2.10. The summed E-state index contributed by atoms with van der Waals surface area (Å²) < 4.78 is 0. The summed E-state index contributed by atoms with van der Waals surface area (Å²) in [5, 5.41) is 4.83. The molecule has 0 atom stereocenters. The Balaban J connectivity index is 2.33. The Labute approximate surface area is 104 Å². The summed E-state index contributed by atoms with van der Waals surface area (Å²) in [6, 6.07) is 0. The van der Waals surface area contributed by atoms with Crippen LogP contribution in [-0.4, -0.2) is 27.0 Å². The molecule has 5 nitrogen and oxygen atoms in total. The summed E-state index contributed by atoms with van der Waals surface area (Å²) >= 11 is 1.50. The SMILES string of the molecule is CCc1c(NC)ncnc1Sc1cnccn1. The van der Waals surface area contributed by atoms with E-state index >= 15 is 0 Å². The van der Waals surface area contributed by atoms with Gasteiger partial charge in [0.15, 0.2) is 0 Å². The van der Waals surface area contributed by atoms with Gasteiger partial charge in [0.25, 0.3) is 0 Å². The molecule has 2 aromatic rings. The first-order valence-electron chi connectivity index (χ1n) is 5.30. The van der Waals surface area contributed by atoms with Gasteiger partial charge in [-0.15, -0.1) is 0 Å². The Morgan fingerprint density at radius 3 is 2.76 bits per heavy atom. The molecule has 2 rings (SSSR count). The molecule has 0 saturated carbocycles. The molecule has 0 bridgehead atoms. The summed E-state index contributed by atoms with van der Waals surface area (Å²) in [6.45, 7) is 2.08. The number of anilines is 1. The molecule has 2 aromatic heterocycles. The van der Waals surface area contributed by atoms with Crippen LogP contribution in [0.15, 0.2) is 35.0 Å². The molecule has 0 fully saturated rings. The summed E-state index contributed by atoms with van der Waals surface area (Å²) in [7, 11) is 1.86. The first kappa shape index (κ1) is 11.8. The van der Waals surface area contributed by atoms with Crippen molar-refractivity contribution in [2.45, 2.75) is 23.4 Å². The Morgan fingerprint density at radius 2 is 2.12 bits per heavy atom. The smallest absolute Gasteiger partial charge is 0.133 e. The van der Waals surface area contributed by atoms with Crippen molar-refractivity contribution < 1.29 is 0 Å². The van der Waals surface area contributed by atoms with Gasteiger partial charge in [-0.05, 0) is 18.2 Å². The van der Waals surface area contributed by atoms with Crippen molar-refractivity contribution in [3.63, 3.8) is 0 Å². The van der Waals surface area contributed by atoms with Crippen LogP contribution in [-0.2, 0) is 6.42 Å². The maximum Gasteiger partial charge on any atom is 0.133 e. The molecule has 0 aliphatic rings. The average molecular weight is 247 g/mol. The second-order valence-electron chi connectivity index (χ2n) is 3.26. The molecule has 0 aliphatic carbocycles. The van der Waals surface area contributed by atoms with E-state index in [-0.39, 0.29) is 0 Å². The van der Waals surface area contributed by atoms with Gasteiger partial charge in [-0.1, -0.05) is 6.92 Å².